The van der Waals surface area contributed by atoms with Crippen molar-refractivity contribution in [3.8, 4) is 0 Å². The van der Waals surface area contributed by atoms with Crippen LogP contribution in [-0.4, -0.2) is 31.7 Å². The molecule has 2 aromatic rings. The van der Waals surface area contributed by atoms with Gasteiger partial charge in [-0.15, -0.1) is 0 Å². The van der Waals surface area contributed by atoms with Crippen molar-refractivity contribution in [1.29, 1.82) is 0 Å². The number of sulfonamides is 1. The molecular weight excluding hydrogens is 402 g/mol. The SMILES string of the molecule is CCN(CC)S(=O)(=O)c1ccc(F)c(C(=O)Nc2ccc(Cl)cc2Cl)c1. The molecule has 1 amide bonds. The number of nitrogens with one attached hydrogen (secondary N) is 1. The summed E-state index contributed by atoms with van der Waals surface area (Å²) in [6.07, 6.45) is 0. The minimum Gasteiger partial charge on any atom is -0.321 e. The van der Waals surface area contributed by atoms with Crippen molar-refractivity contribution < 1.29 is 17.6 Å². The molecule has 0 aliphatic rings. The number of halogens is 3. The van der Waals surface area contributed by atoms with Gasteiger partial charge in [-0.2, -0.15) is 4.31 Å². The van der Waals surface area contributed by atoms with E-state index in [9.17, 15) is 17.6 Å². The van der Waals surface area contributed by atoms with Gasteiger partial charge in [-0.05, 0) is 36.4 Å². The zero-order chi connectivity index (χ0) is 19.5. The van der Waals surface area contributed by atoms with Crippen LogP contribution in [-0.2, 0) is 10.0 Å². The first-order valence-electron chi connectivity index (χ1n) is 7.76. The van der Waals surface area contributed by atoms with E-state index in [1.54, 1.807) is 13.8 Å². The Balaban J connectivity index is 2.39. The number of hydrogen-bond acceptors (Lipinski definition) is 3. The number of benzene rings is 2. The second-order valence-electron chi connectivity index (χ2n) is 5.31. The van der Waals surface area contributed by atoms with Crippen LogP contribution in [0.25, 0.3) is 0 Å². The smallest absolute Gasteiger partial charge is 0.258 e. The quantitative estimate of drug-likeness (QED) is 0.754. The first-order chi connectivity index (χ1) is 12.2. The molecule has 0 fully saturated rings. The molecule has 2 rings (SSSR count). The Labute approximate surface area is 161 Å². The van der Waals surface area contributed by atoms with Crippen molar-refractivity contribution in [3.05, 3.63) is 57.8 Å². The van der Waals surface area contributed by atoms with Crippen LogP contribution in [0.2, 0.25) is 10.0 Å². The van der Waals surface area contributed by atoms with Crippen LogP contribution in [0.4, 0.5) is 10.1 Å². The van der Waals surface area contributed by atoms with Gasteiger partial charge in [-0.25, -0.2) is 12.8 Å². The third-order valence-electron chi connectivity index (χ3n) is 3.70. The number of anilines is 1. The molecule has 1 N–H and O–H groups in total. The molecule has 0 aliphatic heterocycles. The summed E-state index contributed by atoms with van der Waals surface area (Å²) < 4.78 is 40.5. The highest BCUT2D eigenvalue weighted by molar-refractivity contribution is 7.89. The van der Waals surface area contributed by atoms with Crippen molar-refractivity contribution in [3.63, 3.8) is 0 Å². The Bertz CT molecular complexity index is 932. The average molecular weight is 419 g/mol. The van der Waals surface area contributed by atoms with Gasteiger partial charge in [0.25, 0.3) is 5.91 Å². The van der Waals surface area contributed by atoms with Crippen molar-refractivity contribution in [1.82, 2.24) is 4.31 Å². The van der Waals surface area contributed by atoms with E-state index in [1.165, 1.54) is 22.5 Å². The van der Waals surface area contributed by atoms with Crippen LogP contribution in [0.1, 0.15) is 24.2 Å². The lowest BCUT2D eigenvalue weighted by Crippen LogP contribution is -2.31. The molecule has 0 saturated carbocycles. The first kappa shape index (κ1) is 20.6. The lowest BCUT2D eigenvalue weighted by Gasteiger charge is -2.19. The van der Waals surface area contributed by atoms with Crippen molar-refractivity contribution in [2.45, 2.75) is 18.7 Å². The summed E-state index contributed by atoms with van der Waals surface area (Å²) in [5, 5.41) is 3.01. The third-order valence-corrected chi connectivity index (χ3v) is 6.30. The van der Waals surface area contributed by atoms with Gasteiger partial charge in [0.2, 0.25) is 10.0 Å². The van der Waals surface area contributed by atoms with E-state index in [1.807, 2.05) is 0 Å². The second-order valence-corrected chi connectivity index (χ2v) is 8.09. The number of amides is 1. The molecule has 0 atom stereocenters. The van der Waals surface area contributed by atoms with Gasteiger partial charge in [0.1, 0.15) is 5.82 Å². The van der Waals surface area contributed by atoms with Gasteiger partial charge in [-0.1, -0.05) is 37.0 Å². The Morgan fingerprint density at radius 1 is 1.12 bits per heavy atom. The van der Waals surface area contributed by atoms with E-state index in [-0.39, 0.29) is 28.7 Å². The lowest BCUT2D eigenvalue weighted by molar-refractivity contribution is 0.102. The topological polar surface area (TPSA) is 66.5 Å². The van der Waals surface area contributed by atoms with Crippen LogP contribution in [0.15, 0.2) is 41.3 Å². The van der Waals surface area contributed by atoms with Crippen LogP contribution in [0.5, 0.6) is 0 Å². The fourth-order valence-electron chi connectivity index (χ4n) is 2.33. The van der Waals surface area contributed by atoms with Gasteiger partial charge < -0.3 is 5.32 Å². The fraction of sp³-hybridized carbons (Fsp3) is 0.235. The van der Waals surface area contributed by atoms with Crippen LogP contribution in [0.3, 0.4) is 0 Å². The summed E-state index contributed by atoms with van der Waals surface area (Å²) in [4.78, 5) is 12.3. The summed E-state index contributed by atoms with van der Waals surface area (Å²) in [5.41, 5.74) is -0.165. The maximum absolute atomic E-state index is 14.1. The number of carbonyl (C=O) groups excluding carboxylic acids is 1. The molecule has 0 spiro atoms. The summed E-state index contributed by atoms with van der Waals surface area (Å²) in [5.74, 6) is -1.66. The second kappa shape index (κ2) is 8.35. The summed E-state index contributed by atoms with van der Waals surface area (Å²) in [6.45, 7) is 3.91. The average Bonchev–Trinajstić information content (AvgIpc) is 2.58. The normalized spacial score (nSPS) is 11.6. The van der Waals surface area contributed by atoms with Gasteiger partial charge >= 0.3 is 0 Å². The minimum atomic E-state index is -3.82. The summed E-state index contributed by atoms with van der Waals surface area (Å²) in [6, 6.07) is 7.51. The number of nitrogens with zero attached hydrogens (tertiary/aromatic N) is 1. The Kier molecular flexibility index (Phi) is 6.63. The van der Waals surface area contributed by atoms with Crippen LogP contribution >= 0.6 is 23.2 Å². The maximum Gasteiger partial charge on any atom is 0.258 e. The van der Waals surface area contributed by atoms with Crippen molar-refractivity contribution in [2.75, 3.05) is 18.4 Å². The van der Waals surface area contributed by atoms with Crippen molar-refractivity contribution in [2.24, 2.45) is 0 Å². The predicted octanol–water partition coefficient (Wildman–Crippen LogP) is 4.42. The fourth-order valence-corrected chi connectivity index (χ4v) is 4.27. The van der Waals surface area contributed by atoms with E-state index >= 15 is 0 Å². The molecule has 9 heteroatoms. The highest BCUT2D eigenvalue weighted by Gasteiger charge is 2.24. The van der Waals surface area contributed by atoms with Gasteiger partial charge in [-0.3, -0.25) is 4.79 Å². The maximum atomic E-state index is 14.1. The van der Waals surface area contributed by atoms with Gasteiger partial charge in [0.15, 0.2) is 0 Å². The molecule has 0 unspecified atom stereocenters. The third kappa shape index (κ3) is 4.35. The Hall–Kier alpha value is -1.67. The molecule has 140 valence electrons. The molecule has 0 aliphatic carbocycles. The van der Waals surface area contributed by atoms with Gasteiger partial charge in [0, 0.05) is 18.1 Å². The highest BCUT2D eigenvalue weighted by Crippen LogP contribution is 2.26. The number of rotatable bonds is 6. The lowest BCUT2D eigenvalue weighted by atomic mass is 10.2. The molecule has 0 saturated heterocycles. The Morgan fingerprint density at radius 2 is 1.77 bits per heavy atom. The summed E-state index contributed by atoms with van der Waals surface area (Å²) in [7, 11) is -3.82. The van der Waals surface area contributed by atoms with E-state index in [2.05, 4.69) is 5.32 Å². The van der Waals surface area contributed by atoms with Crippen LogP contribution < -0.4 is 5.32 Å². The highest BCUT2D eigenvalue weighted by atomic mass is 35.5. The molecular formula is C17H17Cl2FN2O3S. The Morgan fingerprint density at radius 3 is 2.35 bits per heavy atom. The molecule has 0 aromatic heterocycles. The zero-order valence-electron chi connectivity index (χ0n) is 14.1. The number of carbonyl (C=O) groups is 1. The van der Waals surface area contributed by atoms with E-state index < -0.39 is 27.3 Å². The molecule has 26 heavy (non-hydrogen) atoms. The first-order valence-corrected chi connectivity index (χ1v) is 9.96. The molecule has 5 nitrogen and oxygen atoms in total. The minimum absolute atomic E-state index is 0.157. The van der Waals surface area contributed by atoms with Gasteiger partial charge in [0.05, 0.1) is 21.2 Å². The summed E-state index contributed by atoms with van der Waals surface area (Å²) >= 11 is 11.8. The zero-order valence-corrected chi connectivity index (χ0v) is 16.4. The predicted molar refractivity (Wildman–Crippen MR) is 101 cm³/mol. The molecule has 2 aromatic carbocycles. The monoisotopic (exact) mass is 418 g/mol. The van der Waals surface area contributed by atoms with E-state index in [0.29, 0.717) is 5.02 Å². The molecule has 0 radical (unpaired) electrons. The van der Waals surface area contributed by atoms with Crippen LogP contribution in [0, 0.1) is 5.82 Å². The molecule has 0 heterocycles. The molecule has 0 bridgehead atoms. The largest absolute Gasteiger partial charge is 0.321 e. The van der Waals surface area contributed by atoms with E-state index in [4.69, 9.17) is 23.2 Å². The van der Waals surface area contributed by atoms with Crippen molar-refractivity contribution >= 4 is 44.8 Å². The standard InChI is InChI=1S/C17H17Cl2FN2O3S/c1-3-22(4-2)26(24,25)12-6-7-15(20)13(10-12)17(23)21-16-8-5-11(18)9-14(16)19/h5-10H,3-4H2,1-2H3,(H,21,23). The van der Waals surface area contributed by atoms with E-state index in [0.717, 1.165) is 18.2 Å². The number of hydrogen-bond donors (Lipinski definition) is 1.